The van der Waals surface area contributed by atoms with Crippen molar-refractivity contribution in [2.24, 2.45) is 29.1 Å². The van der Waals surface area contributed by atoms with E-state index in [0.29, 0.717) is 0 Å². The Morgan fingerprint density at radius 1 is 0.679 bits per heavy atom. The van der Waals surface area contributed by atoms with Crippen molar-refractivity contribution >= 4 is 11.6 Å². The summed E-state index contributed by atoms with van der Waals surface area (Å²) in [4.78, 5) is 0. The molecule has 0 bridgehead atoms. The van der Waals surface area contributed by atoms with Gasteiger partial charge in [-0.3, -0.25) is 0 Å². The predicted octanol–water partition coefficient (Wildman–Crippen LogP) is 6.95. The molecular weight excluding hydrogens is 360 g/mol. The highest BCUT2D eigenvalue weighted by Gasteiger charge is 2.90. The lowest BCUT2D eigenvalue weighted by Crippen LogP contribution is -2.88. The van der Waals surface area contributed by atoms with Gasteiger partial charge in [0.15, 0.2) is 0 Å². The third-order valence-corrected chi connectivity index (χ3v) is 9.86. The van der Waals surface area contributed by atoms with Gasteiger partial charge in [0.25, 0.3) is 0 Å². The fraction of sp³-hybridized carbons (Fsp3) is 0.333. The Balaban J connectivity index is 1.40. The van der Waals surface area contributed by atoms with E-state index in [-0.39, 0.29) is 5.41 Å². The van der Waals surface area contributed by atoms with Crippen molar-refractivity contribution in [3.05, 3.63) is 82.9 Å². The Labute approximate surface area is 170 Å². The van der Waals surface area contributed by atoms with Crippen molar-refractivity contribution in [2.75, 3.05) is 0 Å². The second-order valence-electron chi connectivity index (χ2n) is 9.89. The van der Waals surface area contributed by atoms with Crippen molar-refractivity contribution in [1.29, 1.82) is 0 Å². The number of hydrogen-bond acceptors (Lipinski definition) is 0. The molecule has 1 heteroatoms. The average Bonchev–Trinajstić information content (AvgIpc) is 2.95. The van der Waals surface area contributed by atoms with E-state index < -0.39 is 0 Å². The first-order chi connectivity index (χ1) is 13.8. The summed E-state index contributed by atoms with van der Waals surface area (Å²) in [7, 11) is 0. The summed E-state index contributed by atoms with van der Waals surface area (Å²) < 4.78 is 0. The monoisotopic (exact) mass is 380 g/mol. The van der Waals surface area contributed by atoms with Gasteiger partial charge in [-0.2, -0.15) is 0 Å². The maximum Gasteiger partial charge on any atom is 0.0412 e. The highest BCUT2D eigenvalue weighted by molar-refractivity contribution is 6.31. The molecule has 28 heavy (non-hydrogen) atoms. The minimum Gasteiger partial charge on any atom is -0.0843 e. The molecule has 0 heterocycles. The molecule has 0 radical (unpaired) electrons. The van der Waals surface area contributed by atoms with Gasteiger partial charge in [0.2, 0.25) is 0 Å². The zero-order valence-corrected chi connectivity index (χ0v) is 16.4. The third-order valence-electron chi connectivity index (χ3n) is 9.62. The second-order valence-corrected chi connectivity index (χ2v) is 10.3. The SMILES string of the molecule is Clc1ccc2c(c1)-c1ccc(-c3ccccc3)cc1C21C2CC3CC4CC1C342. The van der Waals surface area contributed by atoms with Crippen LogP contribution in [0.3, 0.4) is 0 Å². The van der Waals surface area contributed by atoms with Gasteiger partial charge in [0.1, 0.15) is 0 Å². The van der Waals surface area contributed by atoms with Crippen LogP contribution >= 0.6 is 11.6 Å². The summed E-state index contributed by atoms with van der Waals surface area (Å²) in [5.74, 6) is 3.83. The standard InChI is InChI=1S/C27H21Cl/c28-19-7-9-22-21(14-19)20-8-6-16(15-4-2-1-3-5-15)10-23(20)27(22)24-12-17-11-18-13-25(27)26(17,18)24/h1-10,14,17-18,24-25H,11-13H2. The number of benzene rings is 3. The van der Waals surface area contributed by atoms with Gasteiger partial charge < -0.3 is 0 Å². The largest absolute Gasteiger partial charge is 0.0843 e. The third kappa shape index (κ3) is 1.26. The van der Waals surface area contributed by atoms with E-state index in [2.05, 4.69) is 66.7 Å². The smallest absolute Gasteiger partial charge is 0.0412 e. The van der Waals surface area contributed by atoms with Crippen molar-refractivity contribution in [3.8, 4) is 22.3 Å². The normalized spacial score (nSPS) is 39.5. The van der Waals surface area contributed by atoms with Crippen LogP contribution in [0.2, 0.25) is 5.02 Å². The molecule has 3 aromatic carbocycles. The van der Waals surface area contributed by atoms with E-state index in [9.17, 15) is 0 Å². The van der Waals surface area contributed by atoms with Gasteiger partial charge in [0.05, 0.1) is 0 Å². The Bertz CT molecular complexity index is 1170. The van der Waals surface area contributed by atoms with Crippen LogP contribution in [0, 0.1) is 29.1 Å². The zero-order chi connectivity index (χ0) is 18.3. The summed E-state index contributed by atoms with van der Waals surface area (Å²) >= 11 is 6.46. The molecule has 4 fully saturated rings. The topological polar surface area (TPSA) is 0 Å². The molecule has 0 nitrogen and oxygen atoms in total. The zero-order valence-electron chi connectivity index (χ0n) is 15.7. The maximum absolute atomic E-state index is 6.46. The first kappa shape index (κ1) is 14.9. The van der Waals surface area contributed by atoms with E-state index in [0.717, 1.165) is 34.1 Å². The van der Waals surface area contributed by atoms with Crippen LogP contribution in [0.4, 0.5) is 0 Å². The molecule has 4 unspecified atom stereocenters. The summed E-state index contributed by atoms with van der Waals surface area (Å²) in [6.07, 6.45) is 4.42. The molecule has 136 valence electrons. The van der Waals surface area contributed by atoms with E-state index in [1.54, 1.807) is 11.1 Å². The van der Waals surface area contributed by atoms with Crippen LogP contribution < -0.4 is 0 Å². The lowest BCUT2D eigenvalue weighted by Gasteiger charge is -2.92. The Morgan fingerprint density at radius 2 is 1.46 bits per heavy atom. The highest BCUT2D eigenvalue weighted by atomic mass is 35.5. The Morgan fingerprint density at radius 3 is 2.21 bits per heavy atom. The van der Waals surface area contributed by atoms with Gasteiger partial charge >= 0.3 is 0 Å². The number of fused-ring (bicyclic) bond motifs is 7. The van der Waals surface area contributed by atoms with Crippen molar-refractivity contribution in [2.45, 2.75) is 24.7 Å². The molecule has 0 amide bonds. The molecule has 0 saturated heterocycles. The first-order valence-electron chi connectivity index (χ1n) is 10.8. The Hall–Kier alpha value is -2.05. The van der Waals surface area contributed by atoms with Gasteiger partial charge in [-0.15, -0.1) is 0 Å². The summed E-state index contributed by atoms with van der Waals surface area (Å²) in [6.45, 7) is 0. The molecule has 4 atom stereocenters. The van der Waals surface area contributed by atoms with Crippen LogP contribution in [0.5, 0.6) is 0 Å². The van der Waals surface area contributed by atoms with E-state index in [4.69, 9.17) is 11.6 Å². The summed E-state index contributed by atoms with van der Waals surface area (Å²) in [5, 5.41) is 0.865. The maximum atomic E-state index is 6.46. The van der Waals surface area contributed by atoms with Crippen molar-refractivity contribution < 1.29 is 0 Å². The van der Waals surface area contributed by atoms with Gasteiger partial charge in [-0.25, -0.2) is 0 Å². The molecule has 5 aliphatic carbocycles. The fourth-order valence-electron chi connectivity index (χ4n) is 8.80. The van der Waals surface area contributed by atoms with E-state index >= 15 is 0 Å². The quantitative estimate of drug-likeness (QED) is 0.428. The average molecular weight is 381 g/mol. The number of rotatable bonds is 1. The summed E-state index contributed by atoms with van der Waals surface area (Å²) in [6, 6.07) is 24.8. The molecule has 8 rings (SSSR count). The van der Waals surface area contributed by atoms with Crippen LogP contribution in [-0.2, 0) is 5.41 Å². The van der Waals surface area contributed by atoms with Crippen LogP contribution in [0.1, 0.15) is 30.4 Å². The molecule has 4 saturated carbocycles. The van der Waals surface area contributed by atoms with Crippen molar-refractivity contribution in [1.82, 2.24) is 0 Å². The number of hydrogen-bond donors (Lipinski definition) is 0. The number of halogens is 1. The minimum atomic E-state index is 0.271. The van der Waals surface area contributed by atoms with E-state index in [1.807, 2.05) is 0 Å². The van der Waals surface area contributed by atoms with Gasteiger partial charge in [0, 0.05) is 10.4 Å². The first-order valence-corrected chi connectivity index (χ1v) is 11.1. The Kier molecular flexibility index (Phi) is 2.34. The molecular formula is C27H21Cl. The second kappa shape index (κ2) is 4.41. The van der Waals surface area contributed by atoms with E-state index in [1.165, 1.54) is 41.5 Å². The van der Waals surface area contributed by atoms with Gasteiger partial charge in [-0.05, 0) is 99.9 Å². The van der Waals surface area contributed by atoms with Gasteiger partial charge in [-0.1, -0.05) is 60.1 Å². The lowest BCUT2D eigenvalue weighted by atomic mass is 9.11. The molecule has 0 aromatic heterocycles. The molecule has 0 aliphatic heterocycles. The molecule has 3 aromatic rings. The lowest BCUT2D eigenvalue weighted by molar-refractivity contribution is -0.412. The molecule has 2 spiro atoms. The van der Waals surface area contributed by atoms with Crippen molar-refractivity contribution in [3.63, 3.8) is 0 Å². The fourth-order valence-corrected chi connectivity index (χ4v) is 8.97. The molecule has 5 aliphatic rings. The minimum absolute atomic E-state index is 0.271. The van der Waals surface area contributed by atoms with Crippen LogP contribution in [0.25, 0.3) is 22.3 Å². The summed E-state index contributed by atoms with van der Waals surface area (Å²) in [5.41, 5.74) is 9.73. The molecule has 0 N–H and O–H groups in total. The van der Waals surface area contributed by atoms with Crippen LogP contribution in [0.15, 0.2) is 66.7 Å². The highest BCUT2D eigenvalue weighted by Crippen LogP contribution is 2.94. The predicted molar refractivity (Wildman–Crippen MR) is 113 cm³/mol. The van der Waals surface area contributed by atoms with Crippen LogP contribution in [-0.4, -0.2) is 0 Å².